The maximum absolute atomic E-state index is 13.2. The standard InChI is InChI=1S/C24H30N2O3S/c1-17-10-11-20(21(15-17)18-7-4-3-5-8-18)22-16-23(22)24(27)26-13-6-9-19(12-14-26)25-30(2,28)29/h3-5,7-8,10-11,15,19,22-23,25H,6,9,12-14,16H2,1-2H3/t19-,22-,23+/m0/s1. The SMILES string of the molecule is Cc1ccc([C@@H]2C[C@H]2C(=O)N2CCC[C@H](NS(C)(=O)=O)CC2)c(-c2ccccc2)c1. The lowest BCUT2D eigenvalue weighted by atomic mass is 9.94. The fraction of sp³-hybridized carbons (Fsp3) is 0.458. The predicted molar refractivity (Wildman–Crippen MR) is 120 cm³/mol. The number of amides is 1. The molecule has 2 aromatic rings. The Labute approximate surface area is 179 Å². The Balaban J connectivity index is 1.46. The summed E-state index contributed by atoms with van der Waals surface area (Å²) in [6.07, 6.45) is 4.37. The van der Waals surface area contributed by atoms with E-state index in [4.69, 9.17) is 0 Å². The number of benzene rings is 2. The van der Waals surface area contributed by atoms with Crippen molar-refractivity contribution in [2.24, 2.45) is 5.92 Å². The monoisotopic (exact) mass is 426 g/mol. The third-order valence-corrected chi connectivity index (χ3v) is 6.98. The second kappa shape index (κ2) is 8.52. The summed E-state index contributed by atoms with van der Waals surface area (Å²) >= 11 is 0. The average Bonchev–Trinajstić information content (AvgIpc) is 3.51. The summed E-state index contributed by atoms with van der Waals surface area (Å²) in [5.74, 6) is 0.524. The van der Waals surface area contributed by atoms with Gasteiger partial charge in [0.05, 0.1) is 6.26 Å². The van der Waals surface area contributed by atoms with E-state index in [1.54, 1.807) is 0 Å². The lowest BCUT2D eigenvalue weighted by Crippen LogP contribution is -2.36. The minimum atomic E-state index is -3.21. The van der Waals surface area contributed by atoms with Crippen molar-refractivity contribution in [1.82, 2.24) is 9.62 Å². The van der Waals surface area contributed by atoms with Crippen molar-refractivity contribution in [3.63, 3.8) is 0 Å². The van der Waals surface area contributed by atoms with Crippen LogP contribution in [0, 0.1) is 12.8 Å². The van der Waals surface area contributed by atoms with Crippen molar-refractivity contribution in [2.45, 2.75) is 44.6 Å². The van der Waals surface area contributed by atoms with Gasteiger partial charge in [0.15, 0.2) is 0 Å². The van der Waals surface area contributed by atoms with Crippen LogP contribution in [0.3, 0.4) is 0 Å². The molecule has 1 saturated heterocycles. The summed E-state index contributed by atoms with van der Waals surface area (Å²) in [7, 11) is -3.21. The molecule has 30 heavy (non-hydrogen) atoms. The summed E-state index contributed by atoms with van der Waals surface area (Å²) in [5.41, 5.74) is 4.90. The van der Waals surface area contributed by atoms with E-state index in [-0.39, 0.29) is 23.8 Å². The zero-order chi connectivity index (χ0) is 21.3. The lowest BCUT2D eigenvalue weighted by Gasteiger charge is -2.21. The molecule has 0 radical (unpaired) electrons. The van der Waals surface area contributed by atoms with Crippen LogP contribution in [-0.4, -0.2) is 44.6 Å². The number of carbonyl (C=O) groups excluding carboxylic acids is 1. The molecule has 1 heterocycles. The van der Waals surface area contributed by atoms with Gasteiger partial charge < -0.3 is 4.90 Å². The number of nitrogens with zero attached hydrogens (tertiary/aromatic N) is 1. The number of carbonyl (C=O) groups is 1. The van der Waals surface area contributed by atoms with Crippen LogP contribution < -0.4 is 4.72 Å². The van der Waals surface area contributed by atoms with Crippen molar-refractivity contribution in [3.05, 3.63) is 59.7 Å². The third-order valence-electron chi connectivity index (χ3n) is 6.22. The Morgan fingerprint density at radius 3 is 2.57 bits per heavy atom. The average molecular weight is 427 g/mol. The molecule has 1 aliphatic carbocycles. The first kappa shape index (κ1) is 21.1. The van der Waals surface area contributed by atoms with Crippen molar-refractivity contribution in [3.8, 4) is 11.1 Å². The van der Waals surface area contributed by atoms with Crippen molar-refractivity contribution >= 4 is 15.9 Å². The van der Waals surface area contributed by atoms with Gasteiger partial charge in [0, 0.05) is 25.0 Å². The normalized spacial score (nSPS) is 24.3. The lowest BCUT2D eigenvalue weighted by molar-refractivity contribution is -0.132. The molecular weight excluding hydrogens is 396 g/mol. The van der Waals surface area contributed by atoms with Gasteiger partial charge in [-0.2, -0.15) is 0 Å². The summed E-state index contributed by atoms with van der Waals surface area (Å²) in [4.78, 5) is 15.1. The van der Waals surface area contributed by atoms with Gasteiger partial charge in [-0.15, -0.1) is 0 Å². The van der Waals surface area contributed by atoms with Gasteiger partial charge in [0.25, 0.3) is 0 Å². The minimum Gasteiger partial charge on any atom is -0.342 e. The van der Waals surface area contributed by atoms with Gasteiger partial charge in [-0.25, -0.2) is 13.1 Å². The van der Waals surface area contributed by atoms with E-state index in [0.717, 1.165) is 19.3 Å². The van der Waals surface area contributed by atoms with E-state index in [1.165, 1.54) is 28.5 Å². The highest BCUT2D eigenvalue weighted by atomic mass is 32.2. The van der Waals surface area contributed by atoms with Crippen LogP contribution in [0.1, 0.15) is 42.7 Å². The zero-order valence-corrected chi connectivity index (χ0v) is 18.5. The van der Waals surface area contributed by atoms with Gasteiger partial charge >= 0.3 is 0 Å². The molecule has 0 spiro atoms. The van der Waals surface area contributed by atoms with Crippen LogP contribution in [0.2, 0.25) is 0 Å². The van der Waals surface area contributed by atoms with Gasteiger partial charge in [-0.1, -0.05) is 54.1 Å². The molecular formula is C24H30N2O3S. The van der Waals surface area contributed by atoms with Crippen LogP contribution in [-0.2, 0) is 14.8 Å². The Kier molecular flexibility index (Phi) is 5.98. The molecule has 1 aliphatic heterocycles. The number of sulfonamides is 1. The second-order valence-electron chi connectivity index (χ2n) is 8.75. The van der Waals surface area contributed by atoms with E-state index in [0.29, 0.717) is 19.5 Å². The fourth-order valence-electron chi connectivity index (χ4n) is 4.64. The number of hydrogen-bond acceptors (Lipinski definition) is 3. The van der Waals surface area contributed by atoms with E-state index < -0.39 is 10.0 Å². The Morgan fingerprint density at radius 1 is 1.07 bits per heavy atom. The highest BCUT2D eigenvalue weighted by Gasteiger charge is 2.46. The summed E-state index contributed by atoms with van der Waals surface area (Å²) < 4.78 is 25.8. The summed E-state index contributed by atoms with van der Waals surface area (Å²) in [5, 5.41) is 0. The molecule has 1 amide bonds. The van der Waals surface area contributed by atoms with Crippen LogP contribution in [0.4, 0.5) is 0 Å². The quantitative estimate of drug-likeness (QED) is 0.793. The molecule has 160 valence electrons. The molecule has 2 aromatic carbocycles. The maximum Gasteiger partial charge on any atom is 0.226 e. The fourth-order valence-corrected chi connectivity index (χ4v) is 5.49. The van der Waals surface area contributed by atoms with Gasteiger partial charge in [-0.05, 0) is 55.2 Å². The van der Waals surface area contributed by atoms with E-state index >= 15 is 0 Å². The Bertz CT molecular complexity index is 1020. The minimum absolute atomic E-state index is 0.0367. The number of hydrogen-bond donors (Lipinski definition) is 1. The molecule has 6 heteroatoms. The first-order valence-electron chi connectivity index (χ1n) is 10.7. The molecule has 4 rings (SSSR count). The molecule has 1 saturated carbocycles. The molecule has 0 aromatic heterocycles. The van der Waals surface area contributed by atoms with Crippen LogP contribution in [0.15, 0.2) is 48.5 Å². The van der Waals surface area contributed by atoms with Gasteiger partial charge in [0.2, 0.25) is 15.9 Å². The Morgan fingerprint density at radius 2 is 1.83 bits per heavy atom. The largest absolute Gasteiger partial charge is 0.342 e. The number of nitrogens with one attached hydrogen (secondary N) is 1. The number of likely N-dealkylation sites (tertiary alicyclic amines) is 1. The predicted octanol–water partition coefficient (Wildman–Crippen LogP) is 3.70. The highest BCUT2D eigenvalue weighted by Crippen LogP contribution is 2.51. The molecule has 5 nitrogen and oxygen atoms in total. The Hall–Kier alpha value is -2.18. The summed E-state index contributed by atoms with van der Waals surface area (Å²) in [6, 6.07) is 16.8. The number of aryl methyl sites for hydroxylation is 1. The van der Waals surface area contributed by atoms with Crippen molar-refractivity contribution < 1.29 is 13.2 Å². The zero-order valence-electron chi connectivity index (χ0n) is 17.7. The molecule has 1 N–H and O–H groups in total. The van der Waals surface area contributed by atoms with Crippen molar-refractivity contribution in [2.75, 3.05) is 19.3 Å². The highest BCUT2D eigenvalue weighted by molar-refractivity contribution is 7.88. The van der Waals surface area contributed by atoms with E-state index in [9.17, 15) is 13.2 Å². The van der Waals surface area contributed by atoms with Gasteiger partial charge in [0.1, 0.15) is 0 Å². The van der Waals surface area contributed by atoms with Crippen LogP contribution in [0.25, 0.3) is 11.1 Å². The topological polar surface area (TPSA) is 66.5 Å². The molecule has 0 bridgehead atoms. The van der Waals surface area contributed by atoms with E-state index in [1.807, 2.05) is 11.0 Å². The first-order chi connectivity index (χ1) is 14.3. The molecule has 2 aliphatic rings. The van der Waals surface area contributed by atoms with Gasteiger partial charge in [-0.3, -0.25) is 4.79 Å². The molecule has 2 fully saturated rings. The smallest absolute Gasteiger partial charge is 0.226 e. The maximum atomic E-state index is 13.2. The summed E-state index contributed by atoms with van der Waals surface area (Å²) in [6.45, 7) is 3.43. The van der Waals surface area contributed by atoms with Crippen molar-refractivity contribution in [1.29, 1.82) is 0 Å². The first-order valence-corrected chi connectivity index (χ1v) is 12.6. The van der Waals surface area contributed by atoms with E-state index in [2.05, 4.69) is 54.1 Å². The molecule has 3 atom stereocenters. The van der Waals surface area contributed by atoms with Crippen LogP contribution in [0.5, 0.6) is 0 Å². The van der Waals surface area contributed by atoms with Crippen LogP contribution >= 0.6 is 0 Å². The third kappa shape index (κ3) is 4.93. The number of rotatable bonds is 5. The second-order valence-corrected chi connectivity index (χ2v) is 10.5. The molecule has 0 unspecified atom stereocenters.